The zero-order valence-corrected chi connectivity index (χ0v) is 17.7. The van der Waals surface area contributed by atoms with E-state index in [0.717, 1.165) is 0 Å². The number of nitrogen functional groups attached to an aromatic ring is 1. The number of aliphatic hydroxyl groups excluding tert-OH is 1. The lowest BCUT2D eigenvalue weighted by Crippen LogP contribution is -2.21. The van der Waals surface area contributed by atoms with Gasteiger partial charge in [-0.15, -0.1) is 0 Å². The average molecular weight is 500 g/mol. The smallest absolute Gasteiger partial charge is 0.248 e. The Morgan fingerprint density at radius 3 is 2.70 bits per heavy atom. The molecule has 8 heteroatoms. The third-order valence-electron chi connectivity index (χ3n) is 3.70. The largest absolute Gasteiger partial charge is 0.506 e. The van der Waals surface area contributed by atoms with Crippen molar-refractivity contribution in [1.82, 2.24) is 0 Å². The minimum Gasteiger partial charge on any atom is -0.506 e. The molecule has 0 aliphatic rings. The van der Waals surface area contributed by atoms with Crippen LogP contribution in [0.4, 0.5) is 11.4 Å². The molecule has 0 saturated heterocycles. The van der Waals surface area contributed by atoms with Gasteiger partial charge in [0.25, 0.3) is 0 Å². The fourth-order valence-electron chi connectivity index (χ4n) is 2.40. The van der Waals surface area contributed by atoms with Crippen molar-refractivity contribution in [3.63, 3.8) is 0 Å². The van der Waals surface area contributed by atoms with Gasteiger partial charge < -0.3 is 26.0 Å². The van der Waals surface area contributed by atoms with E-state index in [-0.39, 0.29) is 11.3 Å². The van der Waals surface area contributed by atoms with Gasteiger partial charge in [0.2, 0.25) is 5.91 Å². The maximum Gasteiger partial charge on any atom is 0.248 e. The molecule has 2 aromatic carbocycles. The first kappa shape index (κ1) is 21.4. The van der Waals surface area contributed by atoms with Crippen LogP contribution in [0.5, 0.6) is 5.75 Å². The molecular weight excluding hydrogens is 480 g/mol. The first-order valence-corrected chi connectivity index (χ1v) is 9.73. The highest BCUT2D eigenvalue weighted by atomic mass is 79.9. The number of hydrogen-bond donors (Lipinski definition) is 4. The summed E-state index contributed by atoms with van der Waals surface area (Å²) in [6.45, 7) is 2.09. The number of nitrogens with one attached hydrogen (secondary N) is 1. The van der Waals surface area contributed by atoms with Gasteiger partial charge in [-0.05, 0) is 53.2 Å². The number of phenols is 1. The number of ether oxygens (including phenoxy) is 1. The van der Waals surface area contributed by atoms with E-state index in [0.29, 0.717) is 26.9 Å². The quantitative estimate of drug-likeness (QED) is 0.338. The molecule has 2 rings (SSSR count). The summed E-state index contributed by atoms with van der Waals surface area (Å²) in [5, 5.41) is 23.5. The summed E-state index contributed by atoms with van der Waals surface area (Å²) in [7, 11) is 0. The Kier molecular flexibility index (Phi) is 7.85. The van der Waals surface area contributed by atoms with Crippen molar-refractivity contribution in [2.24, 2.45) is 0 Å². The maximum atomic E-state index is 12.2. The number of amides is 1. The number of nitrogens with two attached hydrogens (primary N) is 1. The van der Waals surface area contributed by atoms with Gasteiger partial charge in [0, 0.05) is 22.7 Å². The number of carbonyl (C=O) groups excluding carboxylic acids is 1. The number of halogens is 2. The molecule has 2 atom stereocenters. The van der Waals surface area contributed by atoms with Gasteiger partial charge in [-0.1, -0.05) is 28.1 Å². The van der Waals surface area contributed by atoms with E-state index in [2.05, 4.69) is 37.2 Å². The fourth-order valence-corrected chi connectivity index (χ4v) is 3.66. The molecule has 144 valence electrons. The predicted molar refractivity (Wildman–Crippen MR) is 113 cm³/mol. The van der Waals surface area contributed by atoms with Crippen molar-refractivity contribution in [3.05, 3.63) is 63.1 Å². The Hall–Kier alpha value is -1.87. The predicted octanol–water partition coefficient (Wildman–Crippen LogP) is 4.13. The van der Waals surface area contributed by atoms with Crippen molar-refractivity contribution >= 4 is 49.1 Å². The van der Waals surface area contributed by atoms with Crippen LogP contribution in [0.2, 0.25) is 0 Å². The molecule has 0 saturated carbocycles. The monoisotopic (exact) mass is 498 g/mol. The van der Waals surface area contributed by atoms with Gasteiger partial charge in [-0.3, -0.25) is 4.79 Å². The lowest BCUT2D eigenvalue weighted by Gasteiger charge is -2.21. The van der Waals surface area contributed by atoms with E-state index in [9.17, 15) is 15.0 Å². The lowest BCUT2D eigenvalue weighted by molar-refractivity contribution is -0.112. The number of phenolic OH excluding ortho intramolecular Hbond substituents is 1. The summed E-state index contributed by atoms with van der Waals surface area (Å²) >= 11 is 6.56. The van der Waals surface area contributed by atoms with Gasteiger partial charge >= 0.3 is 0 Å². The molecule has 5 N–H and O–H groups in total. The summed E-state index contributed by atoms with van der Waals surface area (Å²) in [6.07, 6.45) is 0.697. The van der Waals surface area contributed by atoms with Gasteiger partial charge in [0.15, 0.2) is 0 Å². The highest BCUT2D eigenvalue weighted by molar-refractivity contribution is 9.11. The Balaban J connectivity index is 2.18. The first-order valence-electron chi connectivity index (χ1n) is 8.14. The van der Waals surface area contributed by atoms with Gasteiger partial charge in [-0.25, -0.2) is 0 Å². The number of para-hydroxylation sites is 2. The van der Waals surface area contributed by atoms with E-state index in [1.807, 2.05) is 0 Å². The molecule has 0 heterocycles. The van der Waals surface area contributed by atoms with Crippen molar-refractivity contribution < 1.29 is 19.7 Å². The molecule has 0 fully saturated rings. The number of rotatable bonds is 7. The third kappa shape index (κ3) is 5.80. The standard InChI is InChI=1S/C19H20Br2N2O4/c1-2-27-16(19(26)12-9-11(20)10-13(21)18(12)25)7-8-17(24)23-15-6-4-3-5-14(15)22/h3-10,16,19,25-26H,2,22H2,1H3,(H,23,24)/b8-7+/t16-,19-/m1/s1. The summed E-state index contributed by atoms with van der Waals surface area (Å²) in [5.74, 6) is -0.505. The fraction of sp³-hybridized carbons (Fsp3) is 0.211. The third-order valence-corrected chi connectivity index (χ3v) is 4.76. The molecular formula is C19H20Br2N2O4. The number of aromatic hydroxyl groups is 1. The molecule has 27 heavy (non-hydrogen) atoms. The van der Waals surface area contributed by atoms with Gasteiger partial charge in [-0.2, -0.15) is 0 Å². The van der Waals surface area contributed by atoms with Crippen LogP contribution in [-0.4, -0.2) is 28.8 Å². The zero-order valence-electron chi connectivity index (χ0n) is 14.5. The minimum absolute atomic E-state index is 0.0923. The molecule has 0 aromatic heterocycles. The Bertz CT molecular complexity index is 842. The SMILES string of the molecule is CCO[C@H](/C=C/C(=O)Nc1ccccc1N)[C@H](O)c1cc(Br)cc(Br)c1O. The van der Waals surface area contributed by atoms with Crippen molar-refractivity contribution in [1.29, 1.82) is 0 Å². The molecule has 0 spiro atoms. The van der Waals surface area contributed by atoms with E-state index in [1.165, 1.54) is 12.2 Å². The first-order chi connectivity index (χ1) is 12.8. The van der Waals surface area contributed by atoms with Crippen molar-refractivity contribution in [2.45, 2.75) is 19.1 Å². The Morgan fingerprint density at radius 1 is 1.33 bits per heavy atom. The van der Waals surface area contributed by atoms with Crippen LogP contribution in [0.15, 0.2) is 57.5 Å². The second kappa shape index (κ2) is 9.89. The lowest BCUT2D eigenvalue weighted by atomic mass is 10.0. The van der Waals surface area contributed by atoms with Crippen LogP contribution in [0.3, 0.4) is 0 Å². The van der Waals surface area contributed by atoms with Crippen molar-refractivity contribution in [2.75, 3.05) is 17.7 Å². The number of aliphatic hydroxyl groups is 1. The van der Waals surface area contributed by atoms with Crippen LogP contribution in [0, 0.1) is 0 Å². The molecule has 0 bridgehead atoms. The number of anilines is 2. The van der Waals surface area contributed by atoms with E-state index in [1.54, 1.807) is 43.3 Å². The topological polar surface area (TPSA) is 105 Å². The molecule has 6 nitrogen and oxygen atoms in total. The average Bonchev–Trinajstić information content (AvgIpc) is 2.63. The molecule has 0 unspecified atom stereocenters. The summed E-state index contributed by atoms with van der Waals surface area (Å²) < 4.78 is 6.65. The summed E-state index contributed by atoms with van der Waals surface area (Å²) in [5.41, 5.74) is 7.02. The highest BCUT2D eigenvalue weighted by Crippen LogP contribution is 2.37. The zero-order chi connectivity index (χ0) is 20.0. The number of benzene rings is 2. The van der Waals surface area contributed by atoms with E-state index < -0.39 is 18.1 Å². The van der Waals surface area contributed by atoms with E-state index in [4.69, 9.17) is 10.5 Å². The molecule has 0 radical (unpaired) electrons. The van der Waals surface area contributed by atoms with E-state index >= 15 is 0 Å². The van der Waals surface area contributed by atoms with Crippen LogP contribution in [0.25, 0.3) is 0 Å². The van der Waals surface area contributed by atoms with Crippen molar-refractivity contribution in [3.8, 4) is 5.75 Å². The molecule has 0 aliphatic carbocycles. The van der Waals surface area contributed by atoms with Crippen LogP contribution in [-0.2, 0) is 9.53 Å². The molecule has 2 aromatic rings. The minimum atomic E-state index is -1.18. The highest BCUT2D eigenvalue weighted by Gasteiger charge is 2.24. The van der Waals surface area contributed by atoms with Crippen LogP contribution in [0.1, 0.15) is 18.6 Å². The summed E-state index contributed by atoms with van der Waals surface area (Å²) in [4.78, 5) is 12.2. The normalized spacial score (nSPS) is 13.5. The second-order valence-electron chi connectivity index (χ2n) is 5.63. The molecule has 1 amide bonds. The Morgan fingerprint density at radius 2 is 2.04 bits per heavy atom. The number of carbonyl (C=O) groups is 1. The number of hydrogen-bond acceptors (Lipinski definition) is 5. The maximum absolute atomic E-state index is 12.2. The van der Waals surface area contributed by atoms with Crippen LogP contribution >= 0.6 is 31.9 Å². The summed E-state index contributed by atoms with van der Waals surface area (Å²) in [6, 6.07) is 10.2. The molecule has 0 aliphatic heterocycles. The second-order valence-corrected chi connectivity index (χ2v) is 7.40. The van der Waals surface area contributed by atoms with Crippen LogP contribution < -0.4 is 11.1 Å². The van der Waals surface area contributed by atoms with Gasteiger partial charge in [0.1, 0.15) is 18.0 Å². The van der Waals surface area contributed by atoms with Gasteiger partial charge in [0.05, 0.1) is 15.8 Å². The Labute approximate surface area is 174 Å².